The zero-order valence-electron chi connectivity index (χ0n) is 9.38. The molecule has 0 aliphatic heterocycles. The second-order valence-corrected chi connectivity index (χ2v) is 4.04. The molecule has 0 spiro atoms. The van der Waals surface area contributed by atoms with Gasteiger partial charge in [0.05, 0.1) is 12.5 Å². The van der Waals surface area contributed by atoms with Crippen LogP contribution in [0, 0.1) is 0 Å². The normalized spacial score (nSPS) is 12.1. The van der Waals surface area contributed by atoms with E-state index in [1.54, 1.807) is 25.6 Å². The smallest absolute Gasteiger partial charge is 0.216 e. The fourth-order valence-corrected chi connectivity index (χ4v) is 1.75. The van der Waals surface area contributed by atoms with Crippen LogP contribution in [0.15, 0.2) is 36.9 Å². The molecule has 0 aliphatic rings. The van der Waals surface area contributed by atoms with E-state index in [1.165, 1.54) is 6.33 Å². The first-order chi connectivity index (χ1) is 8.29. The number of pyridine rings is 1. The average molecular weight is 250 g/mol. The summed E-state index contributed by atoms with van der Waals surface area (Å²) in [7, 11) is 1.57. The van der Waals surface area contributed by atoms with Gasteiger partial charge in [-0.15, -0.1) is 11.6 Å². The van der Waals surface area contributed by atoms with Gasteiger partial charge in [-0.3, -0.25) is 4.98 Å². The SMILES string of the molecule is COc1cc(CC(Cl)c2cccnc2)ncn1. The van der Waals surface area contributed by atoms with E-state index in [0.29, 0.717) is 12.3 Å². The van der Waals surface area contributed by atoms with Crippen molar-refractivity contribution < 1.29 is 4.74 Å². The van der Waals surface area contributed by atoms with Gasteiger partial charge in [0, 0.05) is 30.6 Å². The van der Waals surface area contributed by atoms with Crippen molar-refractivity contribution in [1.82, 2.24) is 15.0 Å². The maximum atomic E-state index is 6.30. The summed E-state index contributed by atoms with van der Waals surface area (Å²) in [5, 5.41) is -0.150. The molecular weight excluding hydrogens is 238 g/mol. The van der Waals surface area contributed by atoms with Crippen molar-refractivity contribution in [2.45, 2.75) is 11.8 Å². The molecular formula is C12H12ClN3O. The third kappa shape index (κ3) is 3.14. The molecule has 2 rings (SSSR count). The topological polar surface area (TPSA) is 47.9 Å². The number of hydrogen-bond donors (Lipinski definition) is 0. The van der Waals surface area contributed by atoms with Gasteiger partial charge in [-0.05, 0) is 11.6 Å². The van der Waals surface area contributed by atoms with Crippen LogP contribution in [0.2, 0.25) is 0 Å². The van der Waals surface area contributed by atoms with Gasteiger partial charge in [0.2, 0.25) is 5.88 Å². The Kier molecular flexibility index (Phi) is 3.88. The molecule has 2 heterocycles. The third-order valence-electron chi connectivity index (χ3n) is 2.34. The molecule has 5 heteroatoms. The lowest BCUT2D eigenvalue weighted by Crippen LogP contribution is -2.00. The van der Waals surface area contributed by atoms with E-state index in [1.807, 2.05) is 12.1 Å². The average Bonchev–Trinajstić information content (AvgIpc) is 2.40. The van der Waals surface area contributed by atoms with Gasteiger partial charge in [0.15, 0.2) is 0 Å². The summed E-state index contributed by atoms with van der Waals surface area (Å²) in [6.07, 6.45) is 5.57. The predicted molar refractivity (Wildman–Crippen MR) is 65.1 cm³/mol. The van der Waals surface area contributed by atoms with Crippen LogP contribution in [0.25, 0.3) is 0 Å². The Morgan fingerprint density at radius 2 is 2.29 bits per heavy atom. The lowest BCUT2D eigenvalue weighted by Gasteiger charge is -2.09. The number of ether oxygens (including phenoxy) is 1. The van der Waals surface area contributed by atoms with E-state index >= 15 is 0 Å². The van der Waals surface area contributed by atoms with E-state index in [9.17, 15) is 0 Å². The predicted octanol–water partition coefficient (Wildman–Crippen LogP) is 2.40. The second-order valence-electron chi connectivity index (χ2n) is 3.51. The minimum Gasteiger partial charge on any atom is -0.481 e. The molecule has 0 N–H and O–H groups in total. The van der Waals surface area contributed by atoms with E-state index in [4.69, 9.17) is 16.3 Å². The summed E-state index contributed by atoms with van der Waals surface area (Å²) < 4.78 is 5.04. The molecule has 17 heavy (non-hydrogen) atoms. The number of aromatic nitrogens is 3. The van der Waals surface area contributed by atoms with E-state index < -0.39 is 0 Å². The van der Waals surface area contributed by atoms with E-state index in [2.05, 4.69) is 15.0 Å². The summed E-state index contributed by atoms with van der Waals surface area (Å²) in [5.74, 6) is 0.546. The van der Waals surface area contributed by atoms with Gasteiger partial charge >= 0.3 is 0 Å². The van der Waals surface area contributed by atoms with Crippen molar-refractivity contribution in [3.05, 3.63) is 48.2 Å². The molecule has 88 valence electrons. The monoisotopic (exact) mass is 249 g/mol. The van der Waals surface area contributed by atoms with Crippen molar-refractivity contribution >= 4 is 11.6 Å². The first-order valence-corrected chi connectivity index (χ1v) is 5.62. The zero-order valence-corrected chi connectivity index (χ0v) is 10.1. The van der Waals surface area contributed by atoms with Gasteiger partial charge < -0.3 is 4.74 Å². The van der Waals surface area contributed by atoms with Crippen LogP contribution >= 0.6 is 11.6 Å². The molecule has 0 saturated heterocycles. The quantitative estimate of drug-likeness (QED) is 0.781. The highest BCUT2D eigenvalue weighted by Crippen LogP contribution is 2.23. The van der Waals surface area contributed by atoms with Crippen LogP contribution in [0.5, 0.6) is 5.88 Å². The standard InChI is InChI=1S/C12H12ClN3O/c1-17-12-6-10(15-8-16-12)5-11(13)9-3-2-4-14-7-9/h2-4,6-8,11H,5H2,1H3. The highest BCUT2D eigenvalue weighted by Gasteiger charge is 2.10. The van der Waals surface area contributed by atoms with Gasteiger partial charge in [0.25, 0.3) is 0 Å². The Balaban J connectivity index is 2.10. The van der Waals surface area contributed by atoms with Crippen LogP contribution in [-0.2, 0) is 6.42 Å². The lowest BCUT2D eigenvalue weighted by atomic mass is 10.1. The first kappa shape index (κ1) is 11.8. The van der Waals surface area contributed by atoms with Crippen molar-refractivity contribution in [2.24, 2.45) is 0 Å². The molecule has 0 amide bonds. The fraction of sp³-hybridized carbons (Fsp3) is 0.250. The highest BCUT2D eigenvalue weighted by atomic mass is 35.5. The molecule has 2 aromatic rings. The first-order valence-electron chi connectivity index (χ1n) is 5.18. The third-order valence-corrected chi connectivity index (χ3v) is 2.75. The van der Waals surface area contributed by atoms with Crippen LogP contribution in [0.1, 0.15) is 16.6 Å². The van der Waals surface area contributed by atoms with Crippen LogP contribution in [0.4, 0.5) is 0 Å². The lowest BCUT2D eigenvalue weighted by molar-refractivity contribution is 0.396. The Morgan fingerprint density at radius 3 is 3.00 bits per heavy atom. The molecule has 1 unspecified atom stereocenters. The Labute approximate surface area is 105 Å². The maximum Gasteiger partial charge on any atom is 0.216 e. The summed E-state index contributed by atoms with van der Waals surface area (Å²) in [6.45, 7) is 0. The fourth-order valence-electron chi connectivity index (χ4n) is 1.46. The number of methoxy groups -OCH3 is 1. The molecule has 1 atom stereocenters. The van der Waals surface area contributed by atoms with Gasteiger partial charge in [0.1, 0.15) is 6.33 Å². The number of hydrogen-bond acceptors (Lipinski definition) is 4. The van der Waals surface area contributed by atoms with E-state index in [0.717, 1.165) is 11.3 Å². The maximum absolute atomic E-state index is 6.30. The number of nitrogens with zero attached hydrogens (tertiary/aromatic N) is 3. The molecule has 0 aliphatic carbocycles. The summed E-state index contributed by atoms with van der Waals surface area (Å²) in [5.41, 5.74) is 1.83. The molecule has 0 radical (unpaired) electrons. The Bertz CT molecular complexity index is 478. The number of rotatable bonds is 4. The Hall–Kier alpha value is -1.68. The van der Waals surface area contributed by atoms with Crippen molar-refractivity contribution in [1.29, 1.82) is 0 Å². The molecule has 4 nitrogen and oxygen atoms in total. The van der Waals surface area contributed by atoms with Crippen LogP contribution in [0.3, 0.4) is 0 Å². The molecule has 0 saturated carbocycles. The Morgan fingerprint density at radius 1 is 1.41 bits per heavy atom. The van der Waals surface area contributed by atoms with Crippen LogP contribution in [-0.4, -0.2) is 22.1 Å². The van der Waals surface area contributed by atoms with Crippen molar-refractivity contribution in [3.63, 3.8) is 0 Å². The van der Waals surface area contributed by atoms with Gasteiger partial charge in [-0.25, -0.2) is 9.97 Å². The van der Waals surface area contributed by atoms with E-state index in [-0.39, 0.29) is 5.38 Å². The zero-order chi connectivity index (χ0) is 12.1. The van der Waals surface area contributed by atoms with Crippen molar-refractivity contribution in [3.8, 4) is 5.88 Å². The second kappa shape index (κ2) is 5.59. The van der Waals surface area contributed by atoms with Crippen LogP contribution < -0.4 is 4.74 Å². The molecule has 0 fully saturated rings. The number of alkyl halides is 1. The summed E-state index contributed by atoms with van der Waals surface area (Å²) in [6, 6.07) is 5.60. The highest BCUT2D eigenvalue weighted by molar-refractivity contribution is 6.20. The largest absolute Gasteiger partial charge is 0.481 e. The molecule has 2 aromatic heterocycles. The minimum atomic E-state index is -0.150. The number of halogens is 1. The summed E-state index contributed by atoms with van der Waals surface area (Å²) >= 11 is 6.30. The summed E-state index contributed by atoms with van der Waals surface area (Å²) in [4.78, 5) is 12.1. The molecule has 0 bridgehead atoms. The van der Waals surface area contributed by atoms with Crippen molar-refractivity contribution in [2.75, 3.05) is 7.11 Å². The van der Waals surface area contributed by atoms with Gasteiger partial charge in [-0.2, -0.15) is 0 Å². The molecule has 0 aromatic carbocycles. The van der Waals surface area contributed by atoms with Gasteiger partial charge in [-0.1, -0.05) is 6.07 Å². The minimum absolute atomic E-state index is 0.150.